The van der Waals surface area contributed by atoms with Crippen LogP contribution < -0.4 is 5.32 Å². The van der Waals surface area contributed by atoms with Gasteiger partial charge in [0, 0.05) is 32.8 Å². The summed E-state index contributed by atoms with van der Waals surface area (Å²) < 4.78 is 5.44. The molecule has 1 fully saturated rings. The predicted octanol–water partition coefficient (Wildman–Crippen LogP) is 2.67. The highest BCUT2D eigenvalue weighted by Crippen LogP contribution is 2.20. The molecule has 3 heteroatoms. The second kappa shape index (κ2) is 7.21. The number of hydrogen-bond donors (Lipinski definition) is 1. The van der Waals surface area contributed by atoms with E-state index in [-0.39, 0.29) is 0 Å². The van der Waals surface area contributed by atoms with Gasteiger partial charge >= 0.3 is 0 Å². The number of piperidine rings is 1. The maximum atomic E-state index is 5.44. The topological polar surface area (TPSA) is 24.5 Å². The summed E-state index contributed by atoms with van der Waals surface area (Å²) in [6, 6.07) is 7.25. The third kappa shape index (κ3) is 4.05. The average molecular weight is 276 g/mol. The fourth-order valence-corrected chi connectivity index (χ4v) is 3.16. The third-order valence-electron chi connectivity index (χ3n) is 4.30. The number of aryl methyl sites for hydroxylation is 2. The zero-order valence-corrected chi connectivity index (χ0v) is 13.3. The van der Waals surface area contributed by atoms with Gasteiger partial charge in [-0.2, -0.15) is 0 Å². The molecule has 1 N–H and O–H groups in total. The minimum Gasteiger partial charge on any atom is -0.381 e. The van der Waals surface area contributed by atoms with Gasteiger partial charge in [0.15, 0.2) is 0 Å². The Hall–Kier alpha value is -0.900. The van der Waals surface area contributed by atoms with Gasteiger partial charge in [-0.15, -0.1) is 0 Å². The Morgan fingerprint density at radius 2 is 1.80 bits per heavy atom. The van der Waals surface area contributed by atoms with E-state index >= 15 is 0 Å². The summed E-state index contributed by atoms with van der Waals surface area (Å²) in [5.41, 5.74) is 4.09. The summed E-state index contributed by atoms with van der Waals surface area (Å²) in [5, 5.41) is 3.47. The highest BCUT2D eigenvalue weighted by atomic mass is 16.5. The monoisotopic (exact) mass is 276 g/mol. The lowest BCUT2D eigenvalue weighted by molar-refractivity contribution is 0.0386. The maximum Gasteiger partial charge on any atom is 0.0595 e. The average Bonchev–Trinajstić information content (AvgIpc) is 2.44. The van der Waals surface area contributed by atoms with Gasteiger partial charge in [-0.3, -0.25) is 0 Å². The van der Waals surface area contributed by atoms with Gasteiger partial charge in [-0.05, 0) is 39.3 Å². The van der Waals surface area contributed by atoms with E-state index in [9.17, 15) is 0 Å². The lowest BCUT2D eigenvalue weighted by Crippen LogP contribution is -2.41. The second-order valence-corrected chi connectivity index (χ2v) is 6.00. The smallest absolute Gasteiger partial charge is 0.0595 e. The van der Waals surface area contributed by atoms with Crippen LogP contribution in [0.4, 0.5) is 0 Å². The van der Waals surface area contributed by atoms with E-state index in [0.717, 1.165) is 32.5 Å². The quantitative estimate of drug-likeness (QED) is 0.895. The molecule has 1 saturated heterocycles. The molecule has 0 spiro atoms. The molecule has 1 aliphatic rings. The van der Waals surface area contributed by atoms with Crippen molar-refractivity contribution in [2.75, 3.05) is 33.8 Å². The molecule has 0 radical (unpaired) electrons. The Bertz CT molecular complexity index is 405. The number of rotatable bonds is 5. The number of nitrogens with one attached hydrogen (secondary N) is 1. The Balaban J connectivity index is 1.98. The van der Waals surface area contributed by atoms with E-state index in [1.807, 2.05) is 7.11 Å². The number of likely N-dealkylation sites (N-methyl/N-ethyl adjacent to an activating group) is 1. The van der Waals surface area contributed by atoms with Crippen LogP contribution in [0.15, 0.2) is 18.2 Å². The third-order valence-corrected chi connectivity index (χ3v) is 4.30. The first-order valence-corrected chi connectivity index (χ1v) is 7.63. The summed E-state index contributed by atoms with van der Waals surface area (Å²) in [7, 11) is 3.89. The molecule has 112 valence electrons. The van der Waals surface area contributed by atoms with Crippen LogP contribution >= 0.6 is 0 Å². The summed E-state index contributed by atoms with van der Waals surface area (Å²) in [6.07, 6.45) is 2.76. The van der Waals surface area contributed by atoms with Gasteiger partial charge in [0.05, 0.1) is 6.10 Å². The summed E-state index contributed by atoms with van der Waals surface area (Å²) in [5.74, 6) is 0. The first-order valence-electron chi connectivity index (χ1n) is 7.63. The molecule has 20 heavy (non-hydrogen) atoms. The molecule has 0 aromatic heterocycles. The molecule has 0 saturated carbocycles. The number of methoxy groups -OCH3 is 1. The molecule has 1 atom stereocenters. The number of benzene rings is 1. The van der Waals surface area contributed by atoms with Crippen molar-refractivity contribution in [3.05, 3.63) is 34.9 Å². The van der Waals surface area contributed by atoms with Gasteiger partial charge in [-0.25, -0.2) is 0 Å². The first kappa shape index (κ1) is 15.5. The fourth-order valence-electron chi connectivity index (χ4n) is 3.16. The van der Waals surface area contributed by atoms with Crippen molar-refractivity contribution >= 4 is 0 Å². The van der Waals surface area contributed by atoms with Crippen LogP contribution in [-0.4, -0.2) is 44.8 Å². The van der Waals surface area contributed by atoms with Gasteiger partial charge < -0.3 is 15.0 Å². The van der Waals surface area contributed by atoms with Crippen molar-refractivity contribution in [3.63, 3.8) is 0 Å². The normalized spacial score (nSPS) is 19.2. The van der Waals surface area contributed by atoms with Crippen LogP contribution in [0.1, 0.15) is 35.6 Å². The van der Waals surface area contributed by atoms with Crippen LogP contribution in [0.25, 0.3) is 0 Å². The van der Waals surface area contributed by atoms with E-state index in [1.54, 1.807) is 0 Å². The molecular formula is C17H28N2O. The van der Waals surface area contributed by atoms with Gasteiger partial charge in [0.1, 0.15) is 0 Å². The van der Waals surface area contributed by atoms with Crippen LogP contribution in [-0.2, 0) is 4.74 Å². The molecule has 1 unspecified atom stereocenters. The zero-order valence-electron chi connectivity index (χ0n) is 13.3. The summed E-state index contributed by atoms with van der Waals surface area (Å²) in [6.45, 7) is 7.71. The Morgan fingerprint density at radius 3 is 2.30 bits per heavy atom. The molecule has 1 heterocycles. The lowest BCUT2D eigenvalue weighted by Gasteiger charge is -2.34. The first-order chi connectivity index (χ1) is 9.62. The molecule has 0 amide bonds. The standard InChI is InChI=1S/C17H28N2O/c1-13-9-14(2)11-15(10-13)17(18-3)12-19-7-5-16(20-4)6-8-19/h9-11,16-18H,5-8,12H2,1-4H3. The highest BCUT2D eigenvalue weighted by Gasteiger charge is 2.21. The van der Waals surface area contributed by atoms with Crippen LogP contribution in [0.5, 0.6) is 0 Å². The second-order valence-electron chi connectivity index (χ2n) is 6.00. The number of likely N-dealkylation sites (tertiary alicyclic amines) is 1. The minimum absolute atomic E-state index is 0.410. The fraction of sp³-hybridized carbons (Fsp3) is 0.647. The van der Waals surface area contributed by atoms with Crippen molar-refractivity contribution in [2.24, 2.45) is 0 Å². The SMILES string of the molecule is CNC(CN1CCC(OC)CC1)c1cc(C)cc(C)c1. The number of ether oxygens (including phenoxy) is 1. The Kier molecular flexibility index (Phi) is 5.58. The van der Waals surface area contributed by atoms with E-state index in [1.165, 1.54) is 16.7 Å². The van der Waals surface area contributed by atoms with E-state index in [4.69, 9.17) is 4.74 Å². The lowest BCUT2D eigenvalue weighted by atomic mass is 10.00. The van der Waals surface area contributed by atoms with E-state index in [0.29, 0.717) is 12.1 Å². The zero-order chi connectivity index (χ0) is 14.5. The summed E-state index contributed by atoms with van der Waals surface area (Å²) in [4.78, 5) is 2.55. The molecule has 0 bridgehead atoms. The Labute approximate surface area is 123 Å². The molecule has 0 aliphatic carbocycles. The van der Waals surface area contributed by atoms with Gasteiger partial charge in [-0.1, -0.05) is 29.3 Å². The molecule has 1 aliphatic heterocycles. The molecule has 1 aromatic rings. The van der Waals surface area contributed by atoms with Crippen molar-refractivity contribution in [3.8, 4) is 0 Å². The highest BCUT2D eigenvalue weighted by molar-refractivity contribution is 5.30. The van der Waals surface area contributed by atoms with Gasteiger partial charge in [0.2, 0.25) is 0 Å². The number of hydrogen-bond acceptors (Lipinski definition) is 3. The number of nitrogens with zero attached hydrogens (tertiary/aromatic N) is 1. The Morgan fingerprint density at radius 1 is 1.20 bits per heavy atom. The van der Waals surface area contributed by atoms with Gasteiger partial charge in [0.25, 0.3) is 0 Å². The van der Waals surface area contributed by atoms with Crippen LogP contribution in [0.3, 0.4) is 0 Å². The van der Waals surface area contributed by atoms with Crippen molar-refractivity contribution in [1.29, 1.82) is 0 Å². The molecule has 3 nitrogen and oxygen atoms in total. The predicted molar refractivity (Wildman–Crippen MR) is 84.2 cm³/mol. The van der Waals surface area contributed by atoms with Crippen molar-refractivity contribution < 1.29 is 4.74 Å². The van der Waals surface area contributed by atoms with Crippen LogP contribution in [0.2, 0.25) is 0 Å². The van der Waals surface area contributed by atoms with Crippen LogP contribution in [0, 0.1) is 13.8 Å². The molecule has 1 aromatic carbocycles. The minimum atomic E-state index is 0.410. The molecule has 2 rings (SSSR count). The maximum absolute atomic E-state index is 5.44. The largest absolute Gasteiger partial charge is 0.381 e. The van der Waals surface area contributed by atoms with Crippen molar-refractivity contribution in [1.82, 2.24) is 10.2 Å². The molecular weight excluding hydrogens is 248 g/mol. The summed E-state index contributed by atoms with van der Waals surface area (Å²) >= 11 is 0. The van der Waals surface area contributed by atoms with E-state index in [2.05, 4.69) is 49.3 Å². The van der Waals surface area contributed by atoms with Crippen molar-refractivity contribution in [2.45, 2.75) is 38.8 Å². The van der Waals surface area contributed by atoms with E-state index < -0.39 is 0 Å².